The van der Waals surface area contributed by atoms with Gasteiger partial charge in [0.1, 0.15) is 10.1 Å². The molecule has 1 aromatic rings. The largest absolute Gasteiger partial charge is 0.497 e. The van der Waals surface area contributed by atoms with Crippen LogP contribution in [0.25, 0.3) is 0 Å². The number of ether oxygens (including phenoxy) is 1. The summed E-state index contributed by atoms with van der Waals surface area (Å²) in [5.41, 5.74) is 1.76. The van der Waals surface area contributed by atoms with E-state index >= 15 is 0 Å². The maximum Gasteiger partial charge on any atom is 0.234 e. The predicted molar refractivity (Wildman–Crippen MR) is 85.1 cm³/mol. The molecule has 0 atom stereocenters. The van der Waals surface area contributed by atoms with Gasteiger partial charge in [-0.2, -0.15) is 0 Å². The van der Waals surface area contributed by atoms with E-state index in [2.05, 4.69) is 5.32 Å². The number of benzene rings is 1. The summed E-state index contributed by atoms with van der Waals surface area (Å²) in [6, 6.07) is 5.54. The number of thiocarbonyl (C=S) groups is 1. The summed E-state index contributed by atoms with van der Waals surface area (Å²) in [6.45, 7) is 1.93. The van der Waals surface area contributed by atoms with E-state index in [0.29, 0.717) is 10.1 Å². The molecule has 0 aromatic heterocycles. The Kier molecular flexibility index (Phi) is 6.11. The van der Waals surface area contributed by atoms with Crippen molar-refractivity contribution in [1.29, 1.82) is 0 Å². The molecule has 19 heavy (non-hydrogen) atoms. The predicted octanol–water partition coefficient (Wildman–Crippen LogP) is 2.52. The maximum atomic E-state index is 11.8. The third-order valence-corrected chi connectivity index (χ3v) is 4.14. The van der Waals surface area contributed by atoms with Crippen LogP contribution in [0.5, 0.6) is 5.75 Å². The average molecular weight is 298 g/mol. The van der Waals surface area contributed by atoms with E-state index in [9.17, 15) is 4.79 Å². The molecule has 1 rings (SSSR count). The van der Waals surface area contributed by atoms with Gasteiger partial charge in [-0.3, -0.25) is 4.79 Å². The number of hydrogen-bond acceptors (Lipinski definition) is 4. The molecular formula is C13H18N2O2S2. The third kappa shape index (κ3) is 5.08. The van der Waals surface area contributed by atoms with E-state index in [1.807, 2.05) is 44.1 Å². The fourth-order valence-electron chi connectivity index (χ4n) is 1.35. The standard InChI is InChI=1S/C13H18N2O2S2/c1-9-7-10(17-4)5-6-11(9)14-12(16)8-19-13(18)15(2)3/h5-7H,8H2,1-4H3,(H,14,16). The Morgan fingerprint density at radius 3 is 2.68 bits per heavy atom. The lowest BCUT2D eigenvalue weighted by atomic mass is 10.2. The van der Waals surface area contributed by atoms with Gasteiger partial charge in [0.25, 0.3) is 0 Å². The van der Waals surface area contributed by atoms with Crippen molar-refractivity contribution in [2.24, 2.45) is 0 Å². The summed E-state index contributed by atoms with van der Waals surface area (Å²) >= 11 is 6.46. The minimum Gasteiger partial charge on any atom is -0.497 e. The highest BCUT2D eigenvalue weighted by molar-refractivity contribution is 8.23. The van der Waals surface area contributed by atoms with E-state index in [-0.39, 0.29) is 5.91 Å². The molecule has 1 amide bonds. The first-order valence-electron chi connectivity index (χ1n) is 5.72. The molecule has 6 heteroatoms. The minimum atomic E-state index is -0.0672. The normalized spacial score (nSPS) is 9.89. The Morgan fingerprint density at radius 2 is 2.16 bits per heavy atom. The van der Waals surface area contributed by atoms with Crippen molar-refractivity contribution >= 4 is 39.9 Å². The number of amides is 1. The van der Waals surface area contributed by atoms with Crippen molar-refractivity contribution in [2.75, 3.05) is 32.3 Å². The fraction of sp³-hybridized carbons (Fsp3) is 0.385. The monoisotopic (exact) mass is 298 g/mol. The number of methoxy groups -OCH3 is 1. The van der Waals surface area contributed by atoms with E-state index in [1.165, 1.54) is 11.8 Å². The van der Waals surface area contributed by atoms with E-state index in [1.54, 1.807) is 7.11 Å². The second kappa shape index (κ2) is 7.35. The summed E-state index contributed by atoms with van der Waals surface area (Å²) in [7, 11) is 5.34. The van der Waals surface area contributed by atoms with E-state index < -0.39 is 0 Å². The van der Waals surface area contributed by atoms with Gasteiger partial charge in [-0.25, -0.2) is 0 Å². The lowest BCUT2D eigenvalue weighted by Gasteiger charge is -2.13. The number of carbonyl (C=O) groups excluding carboxylic acids is 1. The Morgan fingerprint density at radius 1 is 1.47 bits per heavy atom. The van der Waals surface area contributed by atoms with Crippen molar-refractivity contribution in [2.45, 2.75) is 6.92 Å². The topological polar surface area (TPSA) is 41.6 Å². The van der Waals surface area contributed by atoms with Crippen LogP contribution >= 0.6 is 24.0 Å². The molecule has 0 fully saturated rings. The molecule has 0 saturated heterocycles. The van der Waals surface area contributed by atoms with Crippen molar-refractivity contribution in [1.82, 2.24) is 4.90 Å². The number of anilines is 1. The first-order valence-corrected chi connectivity index (χ1v) is 7.12. The zero-order valence-electron chi connectivity index (χ0n) is 11.5. The van der Waals surface area contributed by atoms with Crippen LogP contribution < -0.4 is 10.1 Å². The van der Waals surface area contributed by atoms with Gasteiger partial charge in [-0.1, -0.05) is 24.0 Å². The van der Waals surface area contributed by atoms with Crippen LogP contribution in [0.4, 0.5) is 5.69 Å². The number of nitrogens with one attached hydrogen (secondary N) is 1. The summed E-state index contributed by atoms with van der Waals surface area (Å²) in [5.74, 6) is 1.02. The minimum absolute atomic E-state index is 0.0672. The van der Waals surface area contributed by atoms with Crippen LogP contribution in [0.3, 0.4) is 0 Å². The lowest BCUT2D eigenvalue weighted by Crippen LogP contribution is -2.21. The zero-order chi connectivity index (χ0) is 14.4. The Labute approximate surface area is 123 Å². The number of carbonyl (C=O) groups is 1. The number of rotatable bonds is 4. The van der Waals surface area contributed by atoms with Crippen LogP contribution in [-0.2, 0) is 4.79 Å². The molecule has 1 N–H and O–H groups in total. The number of hydrogen-bond donors (Lipinski definition) is 1. The Bertz CT molecular complexity index is 476. The van der Waals surface area contributed by atoms with Gasteiger partial charge in [0, 0.05) is 19.8 Å². The molecule has 104 valence electrons. The molecule has 0 aliphatic heterocycles. The molecule has 0 aliphatic carbocycles. The quantitative estimate of drug-likeness (QED) is 0.865. The van der Waals surface area contributed by atoms with Gasteiger partial charge in [0.05, 0.1) is 12.9 Å². The smallest absolute Gasteiger partial charge is 0.234 e. The first-order chi connectivity index (χ1) is 8.93. The molecular weight excluding hydrogens is 280 g/mol. The first kappa shape index (κ1) is 15.8. The number of nitrogens with zero attached hydrogens (tertiary/aromatic N) is 1. The second-order valence-corrected chi connectivity index (χ2v) is 5.79. The fourth-order valence-corrected chi connectivity index (χ4v) is 2.11. The van der Waals surface area contributed by atoms with Crippen molar-refractivity contribution < 1.29 is 9.53 Å². The second-order valence-electron chi connectivity index (χ2n) is 4.18. The van der Waals surface area contributed by atoms with Crippen molar-refractivity contribution in [3.8, 4) is 5.75 Å². The summed E-state index contributed by atoms with van der Waals surface area (Å²) in [6.07, 6.45) is 0. The molecule has 0 aliphatic rings. The molecule has 0 unspecified atom stereocenters. The van der Waals surface area contributed by atoms with Gasteiger partial charge >= 0.3 is 0 Å². The van der Waals surface area contributed by atoms with Gasteiger partial charge < -0.3 is 15.0 Å². The van der Waals surface area contributed by atoms with E-state index in [4.69, 9.17) is 17.0 Å². The molecule has 0 saturated carbocycles. The molecule has 4 nitrogen and oxygen atoms in total. The Balaban J connectivity index is 2.55. The molecule has 0 heterocycles. The molecule has 0 radical (unpaired) electrons. The third-order valence-electron chi connectivity index (χ3n) is 2.40. The SMILES string of the molecule is COc1ccc(NC(=O)CSC(=S)N(C)C)c(C)c1. The number of thioether (sulfide) groups is 1. The van der Waals surface area contributed by atoms with Crippen LogP contribution in [-0.4, -0.2) is 42.1 Å². The highest BCUT2D eigenvalue weighted by atomic mass is 32.2. The Hall–Kier alpha value is -1.27. The highest BCUT2D eigenvalue weighted by Gasteiger charge is 2.08. The summed E-state index contributed by atoms with van der Waals surface area (Å²) in [5, 5.41) is 2.86. The van der Waals surface area contributed by atoms with Gasteiger partial charge in [-0.05, 0) is 30.7 Å². The lowest BCUT2D eigenvalue weighted by molar-refractivity contribution is -0.113. The molecule has 0 bridgehead atoms. The highest BCUT2D eigenvalue weighted by Crippen LogP contribution is 2.21. The van der Waals surface area contributed by atoms with Crippen LogP contribution in [0.15, 0.2) is 18.2 Å². The van der Waals surface area contributed by atoms with Gasteiger partial charge in [0.2, 0.25) is 5.91 Å². The van der Waals surface area contributed by atoms with Crippen LogP contribution in [0, 0.1) is 6.92 Å². The van der Waals surface area contributed by atoms with Crippen molar-refractivity contribution in [3.63, 3.8) is 0 Å². The van der Waals surface area contributed by atoms with Crippen LogP contribution in [0.1, 0.15) is 5.56 Å². The molecule has 0 spiro atoms. The number of aryl methyl sites for hydroxylation is 1. The maximum absolute atomic E-state index is 11.8. The molecule has 1 aromatic carbocycles. The summed E-state index contributed by atoms with van der Waals surface area (Å²) < 4.78 is 5.82. The van der Waals surface area contributed by atoms with E-state index in [0.717, 1.165) is 17.0 Å². The summed E-state index contributed by atoms with van der Waals surface area (Å²) in [4.78, 5) is 13.6. The van der Waals surface area contributed by atoms with Gasteiger partial charge in [-0.15, -0.1) is 0 Å². The van der Waals surface area contributed by atoms with Crippen molar-refractivity contribution in [3.05, 3.63) is 23.8 Å². The average Bonchev–Trinajstić information content (AvgIpc) is 2.38. The zero-order valence-corrected chi connectivity index (χ0v) is 13.2. The van der Waals surface area contributed by atoms with Gasteiger partial charge in [0.15, 0.2) is 0 Å². The van der Waals surface area contributed by atoms with Crippen LogP contribution in [0.2, 0.25) is 0 Å².